The SMILES string of the molecule is Cn1c(Br)c(-c2ccn3c(C(=O)Nc4cc(C(F)(F)F)ccc4F)cnc3c2)c2c(N)ncnc21. The van der Waals surface area contributed by atoms with Gasteiger partial charge in [0, 0.05) is 18.8 Å². The number of hydrogen-bond acceptors (Lipinski definition) is 5. The van der Waals surface area contributed by atoms with Gasteiger partial charge in [-0.05, 0) is 51.8 Å². The van der Waals surface area contributed by atoms with Crippen LogP contribution in [-0.2, 0) is 13.2 Å². The van der Waals surface area contributed by atoms with Gasteiger partial charge in [-0.1, -0.05) is 0 Å². The second-order valence-corrected chi connectivity index (χ2v) is 8.37. The van der Waals surface area contributed by atoms with E-state index < -0.39 is 29.2 Å². The number of alkyl halides is 3. The molecule has 4 aromatic heterocycles. The Morgan fingerprint density at radius 2 is 1.91 bits per heavy atom. The third kappa shape index (κ3) is 3.77. The van der Waals surface area contributed by atoms with Crippen molar-refractivity contribution in [1.82, 2.24) is 23.9 Å². The van der Waals surface area contributed by atoms with Gasteiger partial charge < -0.3 is 15.6 Å². The lowest BCUT2D eigenvalue weighted by Gasteiger charge is -2.11. The Balaban J connectivity index is 1.53. The highest BCUT2D eigenvalue weighted by Gasteiger charge is 2.31. The molecule has 8 nitrogen and oxygen atoms in total. The third-order valence-corrected chi connectivity index (χ3v) is 6.43. The Kier molecular flexibility index (Phi) is 5.24. The fraction of sp³-hybridized carbons (Fsp3) is 0.0909. The molecule has 0 aliphatic carbocycles. The summed E-state index contributed by atoms with van der Waals surface area (Å²) in [6.45, 7) is 0. The Morgan fingerprint density at radius 3 is 2.66 bits per heavy atom. The van der Waals surface area contributed by atoms with Crippen LogP contribution in [0, 0.1) is 5.82 Å². The van der Waals surface area contributed by atoms with Crippen LogP contribution >= 0.6 is 15.9 Å². The van der Waals surface area contributed by atoms with Crippen LogP contribution in [0.4, 0.5) is 29.1 Å². The molecule has 35 heavy (non-hydrogen) atoms. The summed E-state index contributed by atoms with van der Waals surface area (Å²) >= 11 is 3.55. The average Bonchev–Trinajstić information content (AvgIpc) is 3.34. The number of nitrogens with one attached hydrogen (secondary N) is 1. The molecule has 0 saturated carbocycles. The van der Waals surface area contributed by atoms with Gasteiger partial charge in [0.05, 0.1) is 27.4 Å². The topological polar surface area (TPSA) is 103 Å². The molecule has 0 aliphatic heterocycles. The molecule has 1 amide bonds. The summed E-state index contributed by atoms with van der Waals surface area (Å²) in [7, 11) is 1.81. The monoisotopic (exact) mass is 547 g/mol. The van der Waals surface area contributed by atoms with Crippen molar-refractivity contribution in [3.63, 3.8) is 0 Å². The first-order chi connectivity index (χ1) is 16.6. The molecule has 4 heterocycles. The van der Waals surface area contributed by atoms with Crippen LogP contribution in [0.5, 0.6) is 0 Å². The Morgan fingerprint density at radius 1 is 1.14 bits per heavy atom. The van der Waals surface area contributed by atoms with E-state index in [9.17, 15) is 22.4 Å². The van der Waals surface area contributed by atoms with Crippen molar-refractivity contribution in [1.29, 1.82) is 0 Å². The lowest BCUT2D eigenvalue weighted by Crippen LogP contribution is -2.16. The van der Waals surface area contributed by atoms with Gasteiger partial charge in [-0.25, -0.2) is 19.3 Å². The maximum Gasteiger partial charge on any atom is 0.416 e. The highest BCUT2D eigenvalue weighted by Crippen LogP contribution is 2.39. The summed E-state index contributed by atoms with van der Waals surface area (Å²) in [5, 5.41) is 2.82. The van der Waals surface area contributed by atoms with Gasteiger partial charge in [-0.3, -0.25) is 9.20 Å². The molecule has 3 N–H and O–H groups in total. The Bertz CT molecular complexity index is 1640. The van der Waals surface area contributed by atoms with Gasteiger partial charge in [0.1, 0.15) is 35.0 Å². The number of halogens is 5. The molecule has 0 atom stereocenters. The lowest BCUT2D eigenvalue weighted by atomic mass is 10.1. The highest BCUT2D eigenvalue weighted by molar-refractivity contribution is 9.10. The number of nitrogens with two attached hydrogens (primary N) is 1. The van der Waals surface area contributed by atoms with Crippen molar-refractivity contribution in [2.75, 3.05) is 11.1 Å². The van der Waals surface area contributed by atoms with Crippen molar-refractivity contribution >= 4 is 50.0 Å². The van der Waals surface area contributed by atoms with Crippen LogP contribution < -0.4 is 11.1 Å². The van der Waals surface area contributed by atoms with E-state index in [0.717, 1.165) is 5.56 Å². The molecular formula is C22H14BrF4N7O. The summed E-state index contributed by atoms with van der Waals surface area (Å²) in [6.07, 6.45) is -0.503. The maximum atomic E-state index is 14.1. The van der Waals surface area contributed by atoms with Crippen LogP contribution in [0.3, 0.4) is 0 Å². The van der Waals surface area contributed by atoms with Crippen LogP contribution in [0.1, 0.15) is 16.1 Å². The first-order valence-electron chi connectivity index (χ1n) is 9.96. The van der Waals surface area contributed by atoms with E-state index in [1.165, 1.54) is 16.9 Å². The minimum absolute atomic E-state index is 0.00296. The number of amides is 1. The average molecular weight is 548 g/mol. The van der Waals surface area contributed by atoms with Crippen molar-refractivity contribution in [2.24, 2.45) is 7.05 Å². The van der Waals surface area contributed by atoms with Gasteiger partial charge in [-0.15, -0.1) is 0 Å². The minimum Gasteiger partial charge on any atom is -0.383 e. The minimum atomic E-state index is -4.68. The molecule has 0 saturated heterocycles. The number of nitrogen functional groups attached to an aromatic ring is 1. The number of hydrogen-bond donors (Lipinski definition) is 2. The quantitative estimate of drug-likeness (QED) is 0.308. The van der Waals surface area contributed by atoms with Crippen molar-refractivity contribution < 1.29 is 22.4 Å². The van der Waals surface area contributed by atoms with Gasteiger partial charge in [0.25, 0.3) is 5.91 Å². The Hall–Kier alpha value is -4.00. The van der Waals surface area contributed by atoms with Crippen LogP contribution in [0.2, 0.25) is 0 Å². The number of pyridine rings is 1. The second kappa shape index (κ2) is 8.05. The molecule has 13 heteroatoms. The number of carbonyl (C=O) groups excluding carboxylic acids is 1. The highest BCUT2D eigenvalue weighted by atomic mass is 79.9. The van der Waals surface area contributed by atoms with E-state index in [2.05, 4.69) is 36.2 Å². The number of rotatable bonds is 3. The summed E-state index contributed by atoms with van der Waals surface area (Å²) < 4.78 is 57.0. The predicted molar refractivity (Wildman–Crippen MR) is 124 cm³/mol. The standard InChI is InChI=1S/C22H14BrF4N7O/c1-33-18(23)16(17-19(28)30-9-31-20(17)33)10-4-5-34-14(8-29-15(34)6-10)21(35)32-13-7-11(22(25,26)27)2-3-12(13)24/h2-9H,1H3,(H,32,35)(H2,28,30,31). The first kappa shape index (κ1) is 22.8. The number of anilines is 2. The molecule has 0 radical (unpaired) electrons. The van der Waals surface area contributed by atoms with Crippen LogP contribution in [0.15, 0.2) is 53.7 Å². The number of aryl methyl sites for hydroxylation is 1. The number of fused-ring (bicyclic) bond motifs is 2. The van der Waals surface area contributed by atoms with E-state index in [0.29, 0.717) is 45.0 Å². The summed E-state index contributed by atoms with van der Waals surface area (Å²) in [5.74, 6) is -1.53. The molecular weight excluding hydrogens is 534 g/mol. The van der Waals surface area contributed by atoms with Gasteiger partial charge in [0.2, 0.25) is 0 Å². The summed E-state index contributed by atoms with van der Waals surface area (Å²) in [6, 6.07) is 5.20. The van der Waals surface area contributed by atoms with Gasteiger partial charge in [-0.2, -0.15) is 13.2 Å². The summed E-state index contributed by atoms with van der Waals surface area (Å²) in [5.41, 5.74) is 6.85. The number of aromatic nitrogens is 5. The molecule has 0 spiro atoms. The number of imidazole rings is 1. The zero-order chi connectivity index (χ0) is 25.1. The fourth-order valence-electron chi connectivity index (χ4n) is 3.80. The second-order valence-electron chi connectivity index (χ2n) is 7.62. The van der Waals surface area contributed by atoms with Gasteiger partial charge >= 0.3 is 6.18 Å². The number of benzene rings is 1. The molecule has 178 valence electrons. The third-order valence-electron chi connectivity index (χ3n) is 5.50. The smallest absolute Gasteiger partial charge is 0.383 e. The van der Waals surface area contributed by atoms with Crippen molar-refractivity contribution in [3.05, 3.63) is 70.7 Å². The molecule has 1 aromatic carbocycles. The van der Waals surface area contributed by atoms with Gasteiger partial charge in [0.15, 0.2) is 0 Å². The van der Waals surface area contributed by atoms with Crippen LogP contribution in [0.25, 0.3) is 27.8 Å². The van der Waals surface area contributed by atoms with E-state index in [1.54, 1.807) is 22.9 Å². The zero-order valence-corrected chi connectivity index (χ0v) is 19.3. The number of carbonyl (C=O) groups is 1. The maximum absolute atomic E-state index is 14.1. The lowest BCUT2D eigenvalue weighted by molar-refractivity contribution is -0.137. The first-order valence-corrected chi connectivity index (χ1v) is 10.8. The van der Waals surface area contributed by atoms with E-state index in [1.807, 2.05) is 7.05 Å². The normalized spacial score (nSPS) is 11.9. The molecule has 0 unspecified atom stereocenters. The van der Waals surface area contributed by atoms with E-state index >= 15 is 0 Å². The van der Waals surface area contributed by atoms with E-state index in [4.69, 9.17) is 5.73 Å². The molecule has 0 aliphatic rings. The van der Waals surface area contributed by atoms with Crippen molar-refractivity contribution in [3.8, 4) is 11.1 Å². The van der Waals surface area contributed by atoms with Crippen molar-refractivity contribution in [2.45, 2.75) is 6.18 Å². The van der Waals surface area contributed by atoms with E-state index in [-0.39, 0.29) is 11.5 Å². The number of nitrogens with zero attached hydrogens (tertiary/aromatic N) is 5. The largest absolute Gasteiger partial charge is 0.416 e. The predicted octanol–water partition coefficient (Wildman–Crippen LogP) is 5.04. The molecule has 5 aromatic rings. The van der Waals surface area contributed by atoms with Crippen LogP contribution in [-0.4, -0.2) is 29.8 Å². The molecule has 0 bridgehead atoms. The molecule has 5 rings (SSSR count). The Labute approximate surface area is 202 Å². The molecule has 0 fully saturated rings. The summed E-state index contributed by atoms with van der Waals surface area (Å²) in [4.78, 5) is 25.3. The zero-order valence-electron chi connectivity index (χ0n) is 17.7. The fourth-order valence-corrected chi connectivity index (χ4v) is 4.39.